The number of alkyl halides is 4. The number of carbonyl (C=O) groups is 1. The lowest BCUT2D eigenvalue weighted by Crippen LogP contribution is -2.53. The maximum atomic E-state index is 13.5. The van der Waals surface area contributed by atoms with Gasteiger partial charge in [0, 0.05) is 42.6 Å². The highest BCUT2D eigenvalue weighted by atomic mass is 19.3. The van der Waals surface area contributed by atoms with E-state index < -0.39 is 36.7 Å². The van der Waals surface area contributed by atoms with E-state index in [1.807, 2.05) is 0 Å². The minimum absolute atomic E-state index is 0.117. The fourth-order valence-electron chi connectivity index (χ4n) is 3.71. The molecule has 0 saturated heterocycles. The molecular weight excluding hydrogens is 368 g/mol. The fraction of sp³-hybridized carbons (Fsp3) is 0.471. The van der Waals surface area contributed by atoms with Crippen LogP contribution in [0.1, 0.15) is 47.5 Å². The van der Waals surface area contributed by atoms with Crippen molar-refractivity contribution in [1.82, 2.24) is 15.1 Å². The number of carbonyl (C=O) groups excluding carboxylic acids is 1. The molecule has 1 saturated carbocycles. The van der Waals surface area contributed by atoms with Gasteiger partial charge in [-0.15, -0.1) is 10.2 Å². The first-order chi connectivity index (χ1) is 12.7. The number of hydrogen-bond acceptors (Lipinski definition) is 5. The Bertz CT molecular complexity index is 886. The van der Waals surface area contributed by atoms with Crippen LogP contribution in [-0.4, -0.2) is 39.0 Å². The zero-order valence-corrected chi connectivity index (χ0v) is 14.0. The molecule has 2 aromatic rings. The van der Waals surface area contributed by atoms with Crippen LogP contribution in [0.25, 0.3) is 11.5 Å². The zero-order valence-electron chi connectivity index (χ0n) is 14.0. The number of hydrogen-bond donors (Lipinski definition) is 1. The summed E-state index contributed by atoms with van der Waals surface area (Å²) in [7, 11) is 0. The van der Waals surface area contributed by atoms with Crippen molar-refractivity contribution < 1.29 is 26.8 Å². The number of halogens is 4. The molecule has 0 unspecified atom stereocenters. The van der Waals surface area contributed by atoms with Crippen molar-refractivity contribution in [3.05, 3.63) is 35.2 Å². The molecule has 1 aromatic heterocycles. The van der Waals surface area contributed by atoms with Gasteiger partial charge in [0.05, 0.1) is 0 Å². The van der Waals surface area contributed by atoms with Crippen molar-refractivity contribution in [2.75, 3.05) is 0 Å². The van der Waals surface area contributed by atoms with Crippen molar-refractivity contribution in [3.63, 3.8) is 0 Å². The van der Waals surface area contributed by atoms with E-state index in [4.69, 9.17) is 10.2 Å². The Labute approximate surface area is 151 Å². The van der Waals surface area contributed by atoms with Crippen LogP contribution in [0.15, 0.2) is 22.6 Å². The van der Waals surface area contributed by atoms with E-state index >= 15 is 0 Å². The molecule has 1 amide bonds. The molecule has 4 rings (SSSR count). The molecule has 10 heteroatoms. The second-order valence-corrected chi connectivity index (χ2v) is 6.88. The molecule has 1 aliphatic heterocycles. The first kappa shape index (κ1) is 17.9. The van der Waals surface area contributed by atoms with Gasteiger partial charge in [0.2, 0.25) is 11.8 Å². The van der Waals surface area contributed by atoms with Crippen LogP contribution in [0.3, 0.4) is 0 Å². The van der Waals surface area contributed by atoms with E-state index in [-0.39, 0.29) is 31.2 Å². The van der Waals surface area contributed by atoms with Crippen LogP contribution < -0.4 is 5.73 Å². The molecule has 0 bridgehead atoms. The van der Waals surface area contributed by atoms with Crippen LogP contribution in [0.5, 0.6) is 0 Å². The van der Waals surface area contributed by atoms with Crippen LogP contribution in [0.4, 0.5) is 17.6 Å². The van der Waals surface area contributed by atoms with Gasteiger partial charge in [-0.3, -0.25) is 4.79 Å². The Kier molecular flexibility index (Phi) is 4.17. The molecule has 27 heavy (non-hydrogen) atoms. The van der Waals surface area contributed by atoms with Gasteiger partial charge in [0.15, 0.2) is 0 Å². The summed E-state index contributed by atoms with van der Waals surface area (Å²) in [6.07, 6.45) is -3.53. The predicted octanol–water partition coefficient (Wildman–Crippen LogP) is 3.15. The molecule has 2 aliphatic rings. The quantitative estimate of drug-likeness (QED) is 0.822. The summed E-state index contributed by atoms with van der Waals surface area (Å²) >= 11 is 0. The topological polar surface area (TPSA) is 85.2 Å². The summed E-state index contributed by atoms with van der Waals surface area (Å²) in [5.74, 6) is -4.05. The SMILES string of the molecule is N[C@@H]1CC(F)(F)CC[C@H]1N1Cc2ccc(-c3nnc(C(F)F)o3)cc2C1=O. The lowest BCUT2D eigenvalue weighted by molar-refractivity contribution is -0.0586. The van der Waals surface area contributed by atoms with Gasteiger partial charge in [-0.1, -0.05) is 6.07 Å². The predicted molar refractivity (Wildman–Crippen MR) is 85.1 cm³/mol. The Morgan fingerprint density at radius 3 is 2.74 bits per heavy atom. The zero-order chi connectivity index (χ0) is 19.3. The molecule has 0 radical (unpaired) electrons. The van der Waals surface area contributed by atoms with Crippen molar-refractivity contribution in [2.45, 2.75) is 50.2 Å². The van der Waals surface area contributed by atoms with Crippen molar-refractivity contribution in [3.8, 4) is 11.5 Å². The summed E-state index contributed by atoms with van der Waals surface area (Å²) in [4.78, 5) is 14.3. The molecule has 6 nitrogen and oxygen atoms in total. The molecule has 2 N–H and O–H groups in total. The van der Waals surface area contributed by atoms with E-state index in [1.54, 1.807) is 12.1 Å². The van der Waals surface area contributed by atoms with Crippen LogP contribution >= 0.6 is 0 Å². The molecule has 1 fully saturated rings. The summed E-state index contributed by atoms with van der Waals surface area (Å²) in [5.41, 5.74) is 7.31. The van der Waals surface area contributed by atoms with E-state index in [9.17, 15) is 22.4 Å². The summed E-state index contributed by atoms with van der Waals surface area (Å²) in [5, 5.41) is 6.84. The highest BCUT2D eigenvalue weighted by Gasteiger charge is 2.45. The molecular formula is C17H16F4N4O2. The van der Waals surface area contributed by atoms with E-state index in [2.05, 4.69) is 10.2 Å². The van der Waals surface area contributed by atoms with Gasteiger partial charge in [-0.25, -0.2) is 8.78 Å². The van der Waals surface area contributed by atoms with Crippen molar-refractivity contribution in [1.29, 1.82) is 0 Å². The number of fused-ring (bicyclic) bond motifs is 1. The summed E-state index contributed by atoms with van der Waals surface area (Å²) < 4.78 is 57.1. The number of nitrogens with two attached hydrogens (primary N) is 1. The monoisotopic (exact) mass is 384 g/mol. The van der Waals surface area contributed by atoms with Gasteiger partial charge in [0.1, 0.15) is 0 Å². The summed E-state index contributed by atoms with van der Waals surface area (Å²) in [6, 6.07) is 3.46. The number of rotatable bonds is 3. The van der Waals surface area contributed by atoms with Crippen LogP contribution in [0.2, 0.25) is 0 Å². The largest absolute Gasteiger partial charge is 0.415 e. The minimum atomic E-state index is -2.89. The fourth-order valence-corrected chi connectivity index (χ4v) is 3.71. The highest BCUT2D eigenvalue weighted by Crippen LogP contribution is 2.38. The maximum Gasteiger partial charge on any atom is 0.314 e. The first-order valence-electron chi connectivity index (χ1n) is 8.44. The molecule has 144 valence electrons. The molecule has 1 aliphatic carbocycles. The average Bonchev–Trinajstić information content (AvgIpc) is 3.20. The smallest absolute Gasteiger partial charge is 0.314 e. The Hall–Kier alpha value is -2.49. The standard InChI is InChI=1S/C17H16F4N4O2/c18-13(19)15-24-23-14(27-15)8-1-2-9-7-25(16(26)10(9)5-8)12-3-4-17(20,21)6-11(12)22/h1-2,5,11-13H,3-4,6-7,22H2/t11-,12-/m1/s1. The second kappa shape index (κ2) is 6.29. The molecule has 2 heterocycles. The summed E-state index contributed by atoms with van der Waals surface area (Å²) in [6.45, 7) is 0.268. The first-order valence-corrected chi connectivity index (χ1v) is 8.44. The third-order valence-corrected chi connectivity index (χ3v) is 5.05. The van der Waals surface area contributed by atoms with Crippen molar-refractivity contribution >= 4 is 5.91 Å². The van der Waals surface area contributed by atoms with Crippen LogP contribution in [0, 0.1) is 0 Å². The van der Waals surface area contributed by atoms with Gasteiger partial charge in [0.25, 0.3) is 11.8 Å². The van der Waals surface area contributed by atoms with E-state index in [0.29, 0.717) is 16.7 Å². The normalized spacial score (nSPS) is 24.5. The van der Waals surface area contributed by atoms with Crippen molar-refractivity contribution in [2.24, 2.45) is 5.73 Å². The highest BCUT2D eigenvalue weighted by molar-refractivity contribution is 5.99. The number of benzene rings is 1. The Morgan fingerprint density at radius 2 is 2.07 bits per heavy atom. The third-order valence-electron chi connectivity index (χ3n) is 5.05. The van der Waals surface area contributed by atoms with Gasteiger partial charge >= 0.3 is 6.43 Å². The van der Waals surface area contributed by atoms with Gasteiger partial charge in [-0.2, -0.15) is 8.78 Å². The molecule has 2 atom stereocenters. The van der Waals surface area contributed by atoms with Crippen LogP contribution in [-0.2, 0) is 6.54 Å². The number of aromatic nitrogens is 2. The van der Waals surface area contributed by atoms with E-state index in [0.717, 1.165) is 0 Å². The lowest BCUT2D eigenvalue weighted by Gasteiger charge is -2.39. The second-order valence-electron chi connectivity index (χ2n) is 6.88. The van der Waals surface area contributed by atoms with E-state index in [1.165, 1.54) is 11.0 Å². The molecule has 1 aromatic carbocycles. The Balaban J connectivity index is 1.58. The molecule has 0 spiro atoms. The Morgan fingerprint density at radius 1 is 1.30 bits per heavy atom. The number of amides is 1. The maximum absolute atomic E-state index is 13.5. The lowest BCUT2D eigenvalue weighted by atomic mass is 9.87. The third kappa shape index (κ3) is 3.18. The number of nitrogens with zero attached hydrogens (tertiary/aromatic N) is 3. The van der Waals surface area contributed by atoms with Gasteiger partial charge in [-0.05, 0) is 24.1 Å². The van der Waals surface area contributed by atoms with Gasteiger partial charge < -0.3 is 15.1 Å². The average molecular weight is 384 g/mol. The minimum Gasteiger partial charge on any atom is -0.415 e.